The van der Waals surface area contributed by atoms with Crippen LogP contribution >= 0.6 is 0 Å². The number of azo groups is 1. The van der Waals surface area contributed by atoms with Crippen LogP contribution in [0.15, 0.2) is 52.7 Å². The lowest BCUT2D eigenvalue weighted by Crippen LogP contribution is -1.98. The summed E-state index contributed by atoms with van der Waals surface area (Å²) in [5.74, 6) is -1.99. The molecule has 2 aromatic carbocycles. The van der Waals surface area contributed by atoms with Crippen molar-refractivity contribution in [2.75, 3.05) is 0 Å². The molecule has 0 spiro atoms. The highest BCUT2D eigenvalue weighted by Crippen LogP contribution is 2.21. The minimum absolute atomic E-state index is 0.176. The molecular weight excluding hydrogens is 272 g/mol. The highest BCUT2D eigenvalue weighted by molar-refractivity contribution is 5.89. The van der Waals surface area contributed by atoms with E-state index in [4.69, 9.17) is 10.2 Å². The fraction of sp³-hybridized carbons (Fsp3) is 0.0667. The first kappa shape index (κ1) is 14.4. The van der Waals surface area contributed by atoms with Crippen molar-refractivity contribution in [2.24, 2.45) is 10.2 Å². The van der Waals surface area contributed by atoms with Crippen LogP contribution < -0.4 is 0 Å². The first-order valence-corrected chi connectivity index (χ1v) is 6.06. The van der Waals surface area contributed by atoms with Gasteiger partial charge in [0.05, 0.1) is 22.5 Å². The minimum atomic E-state index is -1.00. The Bertz CT molecular complexity index is 721. The van der Waals surface area contributed by atoms with E-state index in [2.05, 4.69) is 10.2 Å². The molecule has 0 fully saturated rings. The average molecular weight is 284 g/mol. The summed E-state index contributed by atoms with van der Waals surface area (Å²) < 4.78 is 0. The van der Waals surface area contributed by atoms with E-state index in [0.717, 1.165) is 0 Å². The van der Waals surface area contributed by atoms with Gasteiger partial charge in [0.2, 0.25) is 0 Å². The predicted molar refractivity (Wildman–Crippen MR) is 75.7 cm³/mol. The molecule has 0 heterocycles. The van der Waals surface area contributed by atoms with Crippen LogP contribution in [0, 0.1) is 6.92 Å². The summed E-state index contributed by atoms with van der Waals surface area (Å²) in [5, 5.41) is 25.7. The van der Waals surface area contributed by atoms with Gasteiger partial charge in [-0.1, -0.05) is 0 Å². The number of carboxylic acid groups (broad SMARTS) is 2. The van der Waals surface area contributed by atoms with E-state index in [0.29, 0.717) is 16.9 Å². The van der Waals surface area contributed by atoms with E-state index in [9.17, 15) is 9.59 Å². The summed E-state index contributed by atoms with van der Waals surface area (Å²) in [6, 6.07) is 10.6. The van der Waals surface area contributed by atoms with Crippen LogP contribution in [0.1, 0.15) is 26.3 Å². The lowest BCUT2D eigenvalue weighted by Gasteiger charge is -2.01. The lowest BCUT2D eigenvalue weighted by molar-refractivity contribution is 0.0685. The molecule has 2 rings (SSSR count). The van der Waals surface area contributed by atoms with E-state index in [1.54, 1.807) is 31.2 Å². The van der Waals surface area contributed by atoms with Crippen molar-refractivity contribution in [3.05, 3.63) is 59.2 Å². The largest absolute Gasteiger partial charge is 0.478 e. The van der Waals surface area contributed by atoms with E-state index in [1.165, 1.54) is 18.2 Å². The van der Waals surface area contributed by atoms with Gasteiger partial charge in [-0.2, -0.15) is 10.2 Å². The zero-order valence-electron chi connectivity index (χ0n) is 11.1. The zero-order chi connectivity index (χ0) is 15.4. The normalized spacial score (nSPS) is 10.7. The van der Waals surface area contributed by atoms with Crippen LogP contribution in [-0.4, -0.2) is 22.2 Å². The summed E-state index contributed by atoms with van der Waals surface area (Å²) in [6.45, 7) is 1.68. The first-order valence-electron chi connectivity index (χ1n) is 6.06. The highest BCUT2D eigenvalue weighted by atomic mass is 16.4. The number of hydrogen-bond donors (Lipinski definition) is 2. The molecular formula is C15H12N2O4. The van der Waals surface area contributed by atoms with Crippen LogP contribution in [0.25, 0.3) is 0 Å². The molecule has 0 aromatic heterocycles. The summed E-state index contributed by atoms with van der Waals surface area (Å²) in [5.41, 5.74) is 2.04. The fourth-order valence-electron chi connectivity index (χ4n) is 1.74. The molecule has 0 amide bonds. The number of carbonyl (C=O) groups is 2. The van der Waals surface area contributed by atoms with Gasteiger partial charge in [0.25, 0.3) is 0 Å². The number of benzene rings is 2. The van der Waals surface area contributed by atoms with Crippen molar-refractivity contribution in [1.82, 2.24) is 0 Å². The third-order valence-electron chi connectivity index (χ3n) is 2.84. The Morgan fingerprint density at radius 1 is 0.857 bits per heavy atom. The number of rotatable bonds is 4. The van der Waals surface area contributed by atoms with Crippen LogP contribution in [0.4, 0.5) is 11.4 Å². The Labute approximate surface area is 120 Å². The van der Waals surface area contributed by atoms with Gasteiger partial charge in [-0.3, -0.25) is 0 Å². The van der Waals surface area contributed by atoms with Crippen molar-refractivity contribution in [3.8, 4) is 0 Å². The molecule has 2 N–H and O–H groups in total. The highest BCUT2D eigenvalue weighted by Gasteiger charge is 2.06. The second kappa shape index (κ2) is 5.96. The molecule has 0 unspecified atom stereocenters. The second-order valence-electron chi connectivity index (χ2n) is 4.36. The Morgan fingerprint density at radius 2 is 1.43 bits per heavy atom. The molecule has 21 heavy (non-hydrogen) atoms. The molecule has 0 saturated heterocycles. The summed E-state index contributed by atoms with van der Waals surface area (Å²) in [6.07, 6.45) is 0. The van der Waals surface area contributed by atoms with Gasteiger partial charge in [0.1, 0.15) is 0 Å². The lowest BCUT2D eigenvalue weighted by atomic mass is 10.1. The van der Waals surface area contributed by atoms with Crippen LogP contribution in [0.5, 0.6) is 0 Å². The number of hydrogen-bond acceptors (Lipinski definition) is 4. The van der Waals surface area contributed by atoms with Crippen molar-refractivity contribution in [3.63, 3.8) is 0 Å². The SMILES string of the molecule is Cc1cc(N=Nc2ccc(C(=O)O)cc2)ccc1C(=O)O. The van der Waals surface area contributed by atoms with Gasteiger partial charge in [-0.25, -0.2) is 9.59 Å². The second-order valence-corrected chi connectivity index (χ2v) is 4.36. The summed E-state index contributed by atoms with van der Waals surface area (Å²) >= 11 is 0. The molecule has 6 nitrogen and oxygen atoms in total. The van der Waals surface area contributed by atoms with Crippen molar-refractivity contribution < 1.29 is 19.8 Å². The van der Waals surface area contributed by atoms with E-state index < -0.39 is 11.9 Å². The monoisotopic (exact) mass is 284 g/mol. The third-order valence-corrected chi connectivity index (χ3v) is 2.84. The van der Waals surface area contributed by atoms with Gasteiger partial charge in [0.15, 0.2) is 0 Å². The Kier molecular flexibility index (Phi) is 4.08. The standard InChI is InChI=1S/C15H12N2O4/c1-9-8-12(6-7-13(9)15(20)21)17-16-11-4-2-10(3-5-11)14(18)19/h2-8H,1H3,(H,18,19)(H,20,21). The van der Waals surface area contributed by atoms with Crippen molar-refractivity contribution in [2.45, 2.75) is 6.92 Å². The molecule has 0 aliphatic heterocycles. The van der Waals surface area contributed by atoms with E-state index >= 15 is 0 Å². The Morgan fingerprint density at radius 3 is 1.95 bits per heavy atom. The van der Waals surface area contributed by atoms with Gasteiger partial charge < -0.3 is 10.2 Å². The molecule has 0 bridgehead atoms. The molecule has 0 aliphatic carbocycles. The molecule has 0 radical (unpaired) electrons. The first-order chi connectivity index (χ1) is 9.97. The van der Waals surface area contributed by atoms with Crippen LogP contribution in [0.2, 0.25) is 0 Å². The maximum Gasteiger partial charge on any atom is 0.335 e. The van der Waals surface area contributed by atoms with Gasteiger partial charge in [0, 0.05) is 0 Å². The topological polar surface area (TPSA) is 99.3 Å². The van der Waals surface area contributed by atoms with Gasteiger partial charge >= 0.3 is 11.9 Å². The maximum atomic E-state index is 10.9. The molecule has 0 saturated carbocycles. The zero-order valence-corrected chi connectivity index (χ0v) is 11.1. The van der Waals surface area contributed by atoms with Crippen LogP contribution in [-0.2, 0) is 0 Å². The van der Waals surface area contributed by atoms with Crippen LogP contribution in [0.3, 0.4) is 0 Å². The van der Waals surface area contributed by atoms with Gasteiger partial charge in [-0.15, -0.1) is 0 Å². The summed E-state index contributed by atoms with van der Waals surface area (Å²) in [4.78, 5) is 21.6. The molecule has 0 atom stereocenters. The fourth-order valence-corrected chi connectivity index (χ4v) is 1.74. The van der Waals surface area contributed by atoms with E-state index in [1.807, 2.05) is 0 Å². The third kappa shape index (κ3) is 3.50. The number of aryl methyl sites for hydroxylation is 1. The summed E-state index contributed by atoms with van der Waals surface area (Å²) in [7, 11) is 0. The van der Waals surface area contributed by atoms with Crippen molar-refractivity contribution in [1.29, 1.82) is 0 Å². The smallest absolute Gasteiger partial charge is 0.335 e. The number of nitrogens with zero attached hydrogens (tertiary/aromatic N) is 2. The number of aromatic carboxylic acids is 2. The average Bonchev–Trinajstić information content (AvgIpc) is 2.45. The predicted octanol–water partition coefficient (Wildman–Crippen LogP) is 3.81. The molecule has 106 valence electrons. The van der Waals surface area contributed by atoms with Crippen molar-refractivity contribution >= 4 is 23.3 Å². The quantitative estimate of drug-likeness (QED) is 0.834. The van der Waals surface area contributed by atoms with E-state index in [-0.39, 0.29) is 11.1 Å². The maximum absolute atomic E-state index is 10.9. The minimum Gasteiger partial charge on any atom is -0.478 e. The molecule has 6 heteroatoms. The molecule has 2 aromatic rings. The Hall–Kier alpha value is -3.02. The van der Waals surface area contributed by atoms with Gasteiger partial charge in [-0.05, 0) is 55.0 Å². The Balaban J connectivity index is 2.19. The molecule has 0 aliphatic rings. The number of carboxylic acids is 2.